The second kappa shape index (κ2) is 12.4. The number of hydrogen-bond acceptors (Lipinski definition) is 5. The van der Waals surface area contributed by atoms with Crippen molar-refractivity contribution in [2.45, 2.75) is 32.6 Å². The quantitative estimate of drug-likeness (QED) is 0.490. The van der Waals surface area contributed by atoms with Gasteiger partial charge in [-0.1, -0.05) is 12.5 Å². The summed E-state index contributed by atoms with van der Waals surface area (Å²) in [7, 11) is 0. The summed E-state index contributed by atoms with van der Waals surface area (Å²) in [6.07, 6.45) is 6.27. The molecule has 2 aliphatic heterocycles. The molecule has 8 heteroatoms. The summed E-state index contributed by atoms with van der Waals surface area (Å²) in [5.74, 6) is 2.00. The van der Waals surface area contributed by atoms with E-state index in [9.17, 15) is 4.79 Å². The predicted molar refractivity (Wildman–Crippen MR) is 122 cm³/mol. The molecule has 166 valence electrons. The SMILES string of the molecule is CCNC(=NCCN1CCCCC1)NCCC(=O)N1CCN(c2ccccn2)CC1. The Hall–Kier alpha value is -2.35. The van der Waals surface area contributed by atoms with Crippen LogP contribution in [0.25, 0.3) is 0 Å². The number of likely N-dealkylation sites (tertiary alicyclic amines) is 1. The van der Waals surface area contributed by atoms with Gasteiger partial charge in [0.1, 0.15) is 5.82 Å². The molecule has 0 spiro atoms. The zero-order valence-corrected chi connectivity index (χ0v) is 18.4. The van der Waals surface area contributed by atoms with E-state index in [2.05, 4.69) is 37.3 Å². The Morgan fingerprint density at radius 2 is 1.87 bits per heavy atom. The van der Waals surface area contributed by atoms with Crippen molar-refractivity contribution in [2.75, 3.05) is 70.3 Å². The van der Waals surface area contributed by atoms with Gasteiger partial charge < -0.3 is 25.3 Å². The summed E-state index contributed by atoms with van der Waals surface area (Å²) in [6, 6.07) is 5.95. The number of pyridine rings is 1. The Labute approximate surface area is 180 Å². The van der Waals surface area contributed by atoms with Gasteiger partial charge in [-0.2, -0.15) is 0 Å². The maximum absolute atomic E-state index is 12.6. The summed E-state index contributed by atoms with van der Waals surface area (Å²) < 4.78 is 0. The first kappa shape index (κ1) is 22.3. The highest BCUT2D eigenvalue weighted by Gasteiger charge is 2.21. The molecule has 0 saturated carbocycles. The molecular weight excluding hydrogens is 378 g/mol. The lowest BCUT2D eigenvalue weighted by Gasteiger charge is -2.35. The van der Waals surface area contributed by atoms with E-state index in [-0.39, 0.29) is 5.91 Å². The summed E-state index contributed by atoms with van der Waals surface area (Å²) in [4.78, 5) is 28.4. The number of piperidine rings is 1. The van der Waals surface area contributed by atoms with Gasteiger partial charge in [-0.15, -0.1) is 0 Å². The molecule has 2 fully saturated rings. The van der Waals surface area contributed by atoms with Crippen molar-refractivity contribution in [3.8, 4) is 0 Å². The van der Waals surface area contributed by atoms with Crippen LogP contribution in [-0.2, 0) is 4.79 Å². The number of hydrogen-bond donors (Lipinski definition) is 2. The van der Waals surface area contributed by atoms with Crippen LogP contribution >= 0.6 is 0 Å². The smallest absolute Gasteiger partial charge is 0.224 e. The molecule has 0 bridgehead atoms. The van der Waals surface area contributed by atoms with E-state index in [0.29, 0.717) is 13.0 Å². The molecule has 1 amide bonds. The first-order valence-electron chi connectivity index (χ1n) is 11.4. The van der Waals surface area contributed by atoms with Crippen LogP contribution in [0.3, 0.4) is 0 Å². The van der Waals surface area contributed by atoms with E-state index in [1.54, 1.807) is 0 Å². The number of carbonyl (C=O) groups is 1. The third kappa shape index (κ3) is 7.16. The highest BCUT2D eigenvalue weighted by molar-refractivity contribution is 5.81. The Morgan fingerprint density at radius 1 is 1.07 bits per heavy atom. The van der Waals surface area contributed by atoms with Crippen LogP contribution in [0.5, 0.6) is 0 Å². The molecule has 0 atom stereocenters. The Morgan fingerprint density at radius 3 is 2.57 bits per heavy atom. The summed E-state index contributed by atoms with van der Waals surface area (Å²) in [6.45, 7) is 10.8. The van der Waals surface area contributed by atoms with Gasteiger partial charge in [-0.25, -0.2) is 4.98 Å². The lowest BCUT2D eigenvalue weighted by atomic mass is 10.1. The molecule has 8 nitrogen and oxygen atoms in total. The largest absolute Gasteiger partial charge is 0.357 e. The highest BCUT2D eigenvalue weighted by Crippen LogP contribution is 2.13. The second-order valence-electron chi connectivity index (χ2n) is 7.90. The molecule has 30 heavy (non-hydrogen) atoms. The number of anilines is 1. The Kier molecular flexibility index (Phi) is 9.21. The highest BCUT2D eigenvalue weighted by atomic mass is 16.2. The summed E-state index contributed by atoms with van der Waals surface area (Å²) in [5.41, 5.74) is 0. The number of aromatic nitrogens is 1. The van der Waals surface area contributed by atoms with E-state index in [1.807, 2.05) is 29.3 Å². The van der Waals surface area contributed by atoms with E-state index in [0.717, 1.165) is 57.6 Å². The van der Waals surface area contributed by atoms with E-state index in [4.69, 9.17) is 0 Å². The van der Waals surface area contributed by atoms with Crippen LogP contribution in [0.4, 0.5) is 5.82 Å². The molecule has 0 unspecified atom stereocenters. The van der Waals surface area contributed by atoms with Crippen molar-refractivity contribution in [1.29, 1.82) is 0 Å². The molecule has 0 aromatic carbocycles. The monoisotopic (exact) mass is 415 g/mol. The average molecular weight is 416 g/mol. The van der Waals surface area contributed by atoms with Crippen molar-refractivity contribution >= 4 is 17.7 Å². The van der Waals surface area contributed by atoms with Gasteiger partial charge in [0, 0.05) is 58.4 Å². The van der Waals surface area contributed by atoms with Crippen LogP contribution in [0.1, 0.15) is 32.6 Å². The minimum Gasteiger partial charge on any atom is -0.357 e. The number of amides is 1. The predicted octanol–water partition coefficient (Wildman–Crippen LogP) is 1.16. The van der Waals surface area contributed by atoms with Crippen LogP contribution in [-0.4, -0.2) is 92.1 Å². The number of nitrogens with zero attached hydrogens (tertiary/aromatic N) is 5. The molecule has 1 aromatic heterocycles. The molecule has 1 aromatic rings. The fraction of sp³-hybridized carbons (Fsp3) is 0.682. The number of piperazine rings is 1. The van der Waals surface area contributed by atoms with Crippen LogP contribution < -0.4 is 15.5 Å². The molecule has 0 aliphatic carbocycles. The third-order valence-corrected chi connectivity index (χ3v) is 5.72. The summed E-state index contributed by atoms with van der Waals surface area (Å²) in [5, 5.41) is 6.59. The van der Waals surface area contributed by atoms with E-state index in [1.165, 1.54) is 32.4 Å². The van der Waals surface area contributed by atoms with Crippen molar-refractivity contribution in [3.05, 3.63) is 24.4 Å². The van der Waals surface area contributed by atoms with Crippen molar-refractivity contribution in [3.63, 3.8) is 0 Å². The van der Waals surface area contributed by atoms with Gasteiger partial charge in [0.25, 0.3) is 0 Å². The number of rotatable bonds is 8. The lowest BCUT2D eigenvalue weighted by Crippen LogP contribution is -2.49. The first-order valence-corrected chi connectivity index (χ1v) is 11.4. The zero-order valence-electron chi connectivity index (χ0n) is 18.4. The lowest BCUT2D eigenvalue weighted by molar-refractivity contribution is -0.131. The fourth-order valence-corrected chi connectivity index (χ4v) is 4.00. The maximum atomic E-state index is 12.6. The summed E-state index contributed by atoms with van der Waals surface area (Å²) >= 11 is 0. The number of aliphatic imine (C=N–C) groups is 1. The van der Waals surface area contributed by atoms with Gasteiger partial charge in [0.15, 0.2) is 5.96 Å². The molecule has 0 radical (unpaired) electrons. The van der Waals surface area contributed by atoms with Crippen molar-refractivity contribution < 1.29 is 4.79 Å². The van der Waals surface area contributed by atoms with Crippen LogP contribution in [0.2, 0.25) is 0 Å². The van der Waals surface area contributed by atoms with Crippen LogP contribution in [0, 0.1) is 0 Å². The Bertz CT molecular complexity index is 653. The van der Waals surface area contributed by atoms with Crippen molar-refractivity contribution in [2.24, 2.45) is 4.99 Å². The van der Waals surface area contributed by atoms with Gasteiger partial charge in [0.2, 0.25) is 5.91 Å². The van der Waals surface area contributed by atoms with E-state index >= 15 is 0 Å². The molecule has 3 heterocycles. The molecule has 2 aliphatic rings. The topological polar surface area (TPSA) is 76.1 Å². The molecule has 2 saturated heterocycles. The van der Waals surface area contributed by atoms with Gasteiger partial charge in [-0.3, -0.25) is 9.79 Å². The molecule has 3 rings (SSSR count). The molecule has 2 N–H and O–H groups in total. The minimum absolute atomic E-state index is 0.201. The average Bonchev–Trinajstić information content (AvgIpc) is 2.80. The van der Waals surface area contributed by atoms with Gasteiger partial charge in [0.05, 0.1) is 6.54 Å². The third-order valence-electron chi connectivity index (χ3n) is 5.72. The Balaban J connectivity index is 1.35. The van der Waals surface area contributed by atoms with Gasteiger partial charge in [-0.05, 0) is 45.0 Å². The standard InChI is InChI=1S/C22H37N7O/c1-2-23-22(26-12-15-27-13-6-3-7-14-27)25-11-9-21(30)29-18-16-28(17-19-29)20-8-4-5-10-24-20/h4-5,8,10H,2-3,6-7,9,11-19H2,1H3,(H2,23,25,26). The van der Waals surface area contributed by atoms with E-state index < -0.39 is 0 Å². The van der Waals surface area contributed by atoms with Gasteiger partial charge >= 0.3 is 0 Å². The normalized spacial score (nSPS) is 18.4. The van der Waals surface area contributed by atoms with Crippen molar-refractivity contribution in [1.82, 2.24) is 25.4 Å². The van der Waals surface area contributed by atoms with Crippen LogP contribution in [0.15, 0.2) is 29.4 Å². The minimum atomic E-state index is 0.201. The number of carbonyl (C=O) groups excluding carboxylic acids is 1. The number of guanidine groups is 1. The fourth-order valence-electron chi connectivity index (χ4n) is 4.00. The zero-order chi connectivity index (χ0) is 21.0. The molecular formula is C22H37N7O. The second-order valence-corrected chi connectivity index (χ2v) is 7.90. The number of nitrogens with one attached hydrogen (secondary N) is 2. The first-order chi connectivity index (χ1) is 14.8. The maximum Gasteiger partial charge on any atom is 0.224 e.